The SMILES string of the molecule is NC1(c2cccc(-c3nn[nH]n3)c2)CCCC1. The second-order valence-corrected chi connectivity index (χ2v) is 4.68. The third kappa shape index (κ3) is 1.82. The molecule has 1 aliphatic rings. The van der Waals surface area contributed by atoms with E-state index in [1.165, 1.54) is 18.4 Å². The number of nitrogens with zero attached hydrogens (tertiary/aromatic N) is 3. The van der Waals surface area contributed by atoms with Gasteiger partial charge in [0, 0.05) is 11.1 Å². The standard InChI is InChI=1S/C12H15N5/c13-12(6-1-2-7-12)10-5-3-4-9(8-10)11-14-16-17-15-11/h3-5,8H,1-2,6-7,13H2,(H,14,15,16,17). The van der Waals surface area contributed by atoms with Gasteiger partial charge in [-0.05, 0) is 29.7 Å². The Labute approximate surface area is 99.4 Å². The van der Waals surface area contributed by atoms with Gasteiger partial charge in [-0.15, -0.1) is 10.2 Å². The average molecular weight is 229 g/mol. The minimum Gasteiger partial charge on any atom is -0.321 e. The molecule has 17 heavy (non-hydrogen) atoms. The molecule has 0 spiro atoms. The van der Waals surface area contributed by atoms with E-state index in [4.69, 9.17) is 5.73 Å². The number of tetrazole rings is 1. The summed E-state index contributed by atoms with van der Waals surface area (Å²) in [6, 6.07) is 8.16. The van der Waals surface area contributed by atoms with E-state index in [-0.39, 0.29) is 5.54 Å². The van der Waals surface area contributed by atoms with Crippen molar-refractivity contribution in [1.82, 2.24) is 20.6 Å². The van der Waals surface area contributed by atoms with Gasteiger partial charge in [0.1, 0.15) is 0 Å². The van der Waals surface area contributed by atoms with E-state index in [9.17, 15) is 0 Å². The molecule has 0 radical (unpaired) electrons. The van der Waals surface area contributed by atoms with Crippen molar-refractivity contribution in [3.8, 4) is 11.4 Å². The summed E-state index contributed by atoms with van der Waals surface area (Å²) in [5, 5.41) is 14.0. The number of nitrogens with one attached hydrogen (secondary N) is 1. The number of rotatable bonds is 2. The normalized spacial score (nSPS) is 18.4. The first-order valence-corrected chi connectivity index (χ1v) is 5.91. The summed E-state index contributed by atoms with van der Waals surface area (Å²) in [7, 11) is 0. The molecule has 5 nitrogen and oxygen atoms in total. The number of hydrogen-bond acceptors (Lipinski definition) is 4. The van der Waals surface area contributed by atoms with Gasteiger partial charge in [-0.25, -0.2) is 0 Å². The lowest BCUT2D eigenvalue weighted by Gasteiger charge is -2.24. The molecule has 1 heterocycles. The molecule has 5 heteroatoms. The quantitative estimate of drug-likeness (QED) is 0.819. The third-order valence-electron chi connectivity index (χ3n) is 3.54. The second-order valence-electron chi connectivity index (χ2n) is 4.68. The van der Waals surface area contributed by atoms with Crippen molar-refractivity contribution in [2.75, 3.05) is 0 Å². The number of aromatic nitrogens is 4. The maximum absolute atomic E-state index is 6.44. The van der Waals surface area contributed by atoms with E-state index in [0.29, 0.717) is 5.82 Å². The first kappa shape index (κ1) is 10.4. The molecule has 1 aromatic carbocycles. The Bertz CT molecular complexity index is 499. The Kier molecular flexibility index (Phi) is 2.40. The molecule has 1 aromatic heterocycles. The minimum atomic E-state index is -0.167. The molecule has 0 atom stereocenters. The third-order valence-corrected chi connectivity index (χ3v) is 3.54. The first-order valence-electron chi connectivity index (χ1n) is 5.91. The number of H-pyrrole nitrogens is 1. The van der Waals surface area contributed by atoms with Crippen LogP contribution in [0.3, 0.4) is 0 Å². The van der Waals surface area contributed by atoms with Crippen molar-refractivity contribution in [3.05, 3.63) is 29.8 Å². The zero-order valence-corrected chi connectivity index (χ0v) is 9.56. The summed E-state index contributed by atoms with van der Waals surface area (Å²) in [6.07, 6.45) is 4.54. The van der Waals surface area contributed by atoms with Gasteiger partial charge in [0.2, 0.25) is 5.82 Å². The molecule has 2 aromatic rings. The van der Waals surface area contributed by atoms with Gasteiger partial charge >= 0.3 is 0 Å². The molecule has 0 aliphatic heterocycles. The Balaban J connectivity index is 1.99. The lowest BCUT2D eigenvalue weighted by Crippen LogP contribution is -2.32. The fourth-order valence-corrected chi connectivity index (χ4v) is 2.55. The summed E-state index contributed by atoms with van der Waals surface area (Å²) >= 11 is 0. The van der Waals surface area contributed by atoms with Gasteiger partial charge in [0.25, 0.3) is 0 Å². The highest BCUT2D eigenvalue weighted by molar-refractivity contribution is 5.55. The van der Waals surface area contributed by atoms with Gasteiger partial charge in [-0.1, -0.05) is 31.0 Å². The van der Waals surface area contributed by atoms with Crippen molar-refractivity contribution >= 4 is 0 Å². The van der Waals surface area contributed by atoms with Crippen LogP contribution in [0.1, 0.15) is 31.2 Å². The summed E-state index contributed by atoms with van der Waals surface area (Å²) < 4.78 is 0. The van der Waals surface area contributed by atoms with Crippen LogP contribution >= 0.6 is 0 Å². The van der Waals surface area contributed by atoms with Gasteiger partial charge in [0.05, 0.1) is 0 Å². The van der Waals surface area contributed by atoms with Crippen LogP contribution in [0.2, 0.25) is 0 Å². The summed E-state index contributed by atoms with van der Waals surface area (Å²) in [5.41, 5.74) is 8.42. The van der Waals surface area contributed by atoms with Crippen LogP contribution < -0.4 is 5.73 Å². The number of benzene rings is 1. The van der Waals surface area contributed by atoms with Crippen LogP contribution in [-0.4, -0.2) is 20.6 Å². The van der Waals surface area contributed by atoms with E-state index >= 15 is 0 Å². The predicted molar refractivity (Wildman–Crippen MR) is 63.9 cm³/mol. The minimum absolute atomic E-state index is 0.167. The average Bonchev–Trinajstić information content (AvgIpc) is 3.01. The fourth-order valence-electron chi connectivity index (χ4n) is 2.55. The molecular formula is C12H15N5. The summed E-state index contributed by atoms with van der Waals surface area (Å²) in [6.45, 7) is 0. The Morgan fingerprint density at radius 1 is 1.24 bits per heavy atom. The van der Waals surface area contributed by atoms with E-state index < -0.39 is 0 Å². The lowest BCUT2D eigenvalue weighted by molar-refractivity contribution is 0.462. The number of nitrogens with two attached hydrogens (primary N) is 1. The van der Waals surface area contributed by atoms with Crippen molar-refractivity contribution in [2.45, 2.75) is 31.2 Å². The van der Waals surface area contributed by atoms with Crippen LogP contribution in [0.4, 0.5) is 0 Å². The van der Waals surface area contributed by atoms with Gasteiger partial charge in [-0.3, -0.25) is 0 Å². The van der Waals surface area contributed by atoms with Crippen molar-refractivity contribution < 1.29 is 0 Å². The highest BCUT2D eigenvalue weighted by Crippen LogP contribution is 2.37. The van der Waals surface area contributed by atoms with Crippen LogP contribution in [0.5, 0.6) is 0 Å². The Morgan fingerprint density at radius 2 is 2.06 bits per heavy atom. The van der Waals surface area contributed by atoms with Gasteiger partial charge in [0.15, 0.2) is 0 Å². The van der Waals surface area contributed by atoms with Crippen LogP contribution in [0.15, 0.2) is 24.3 Å². The smallest absolute Gasteiger partial charge is 0.204 e. The second kappa shape index (κ2) is 3.92. The fraction of sp³-hybridized carbons (Fsp3) is 0.417. The molecule has 1 saturated carbocycles. The van der Waals surface area contributed by atoms with E-state index in [2.05, 4.69) is 32.8 Å². The molecule has 0 amide bonds. The van der Waals surface area contributed by atoms with Gasteiger partial charge in [-0.2, -0.15) is 5.21 Å². The first-order chi connectivity index (χ1) is 8.28. The molecular weight excluding hydrogens is 214 g/mol. The molecule has 88 valence electrons. The molecule has 0 saturated heterocycles. The zero-order valence-electron chi connectivity index (χ0n) is 9.56. The van der Waals surface area contributed by atoms with E-state index in [1.807, 2.05) is 12.1 Å². The highest BCUT2D eigenvalue weighted by Gasteiger charge is 2.31. The lowest BCUT2D eigenvalue weighted by atomic mass is 9.88. The molecule has 3 N–H and O–H groups in total. The van der Waals surface area contributed by atoms with Crippen molar-refractivity contribution in [2.24, 2.45) is 5.73 Å². The molecule has 1 fully saturated rings. The molecule has 3 rings (SSSR count). The largest absolute Gasteiger partial charge is 0.321 e. The zero-order chi connectivity index (χ0) is 11.7. The summed E-state index contributed by atoms with van der Waals surface area (Å²) in [5.74, 6) is 0.619. The molecule has 1 aliphatic carbocycles. The Morgan fingerprint density at radius 3 is 2.76 bits per heavy atom. The number of aromatic amines is 1. The predicted octanol–water partition coefficient (Wildman–Crippen LogP) is 1.59. The summed E-state index contributed by atoms with van der Waals surface area (Å²) in [4.78, 5) is 0. The van der Waals surface area contributed by atoms with Crippen LogP contribution in [-0.2, 0) is 5.54 Å². The van der Waals surface area contributed by atoms with Crippen molar-refractivity contribution in [1.29, 1.82) is 0 Å². The monoisotopic (exact) mass is 229 g/mol. The maximum atomic E-state index is 6.44. The molecule has 0 unspecified atom stereocenters. The molecule has 0 bridgehead atoms. The van der Waals surface area contributed by atoms with Gasteiger partial charge < -0.3 is 5.73 Å². The topological polar surface area (TPSA) is 80.5 Å². The Hall–Kier alpha value is -1.75. The highest BCUT2D eigenvalue weighted by atomic mass is 15.5. The van der Waals surface area contributed by atoms with Crippen LogP contribution in [0, 0.1) is 0 Å². The maximum Gasteiger partial charge on any atom is 0.204 e. The van der Waals surface area contributed by atoms with Crippen molar-refractivity contribution in [3.63, 3.8) is 0 Å². The van der Waals surface area contributed by atoms with E-state index in [0.717, 1.165) is 18.4 Å². The number of hydrogen-bond donors (Lipinski definition) is 2. The van der Waals surface area contributed by atoms with E-state index in [1.54, 1.807) is 0 Å². The van der Waals surface area contributed by atoms with Crippen LogP contribution in [0.25, 0.3) is 11.4 Å².